The smallest absolute Gasteiger partial charge is 0.240 e. The van der Waals surface area contributed by atoms with E-state index in [0.29, 0.717) is 12.1 Å². The zero-order chi connectivity index (χ0) is 13.3. The van der Waals surface area contributed by atoms with Crippen molar-refractivity contribution in [1.29, 1.82) is 0 Å². The van der Waals surface area contributed by atoms with E-state index in [4.69, 9.17) is 0 Å². The first kappa shape index (κ1) is 13.5. The fourth-order valence-corrected chi connectivity index (χ4v) is 3.45. The normalized spacial score (nSPS) is 21.4. The van der Waals surface area contributed by atoms with Crippen molar-refractivity contribution in [2.45, 2.75) is 24.3 Å². The van der Waals surface area contributed by atoms with Gasteiger partial charge in [0.2, 0.25) is 10.0 Å². The Morgan fingerprint density at radius 3 is 2.72 bits per heavy atom. The molecular formula is C12H17FN2O2S. The van der Waals surface area contributed by atoms with Gasteiger partial charge in [-0.1, -0.05) is 0 Å². The Balaban J connectivity index is 2.17. The van der Waals surface area contributed by atoms with Crippen LogP contribution in [0.5, 0.6) is 0 Å². The van der Waals surface area contributed by atoms with Gasteiger partial charge >= 0.3 is 0 Å². The number of aryl methyl sites for hydroxylation is 1. The van der Waals surface area contributed by atoms with Crippen LogP contribution in [-0.2, 0) is 10.0 Å². The molecule has 0 aliphatic carbocycles. The minimum absolute atomic E-state index is 0.0645. The number of likely N-dealkylation sites (tertiary alicyclic amines) is 1. The molecule has 18 heavy (non-hydrogen) atoms. The minimum atomic E-state index is -3.55. The van der Waals surface area contributed by atoms with Crippen molar-refractivity contribution >= 4 is 10.0 Å². The van der Waals surface area contributed by atoms with Crippen molar-refractivity contribution in [2.24, 2.45) is 0 Å². The van der Waals surface area contributed by atoms with E-state index in [2.05, 4.69) is 9.62 Å². The molecule has 0 aromatic heterocycles. The number of hydrogen-bond donors (Lipinski definition) is 1. The summed E-state index contributed by atoms with van der Waals surface area (Å²) in [7, 11) is -1.60. The molecule has 2 rings (SSSR count). The van der Waals surface area contributed by atoms with Crippen molar-refractivity contribution in [3.8, 4) is 0 Å². The molecule has 1 N–H and O–H groups in total. The summed E-state index contributed by atoms with van der Waals surface area (Å²) in [5.74, 6) is -0.394. The Kier molecular flexibility index (Phi) is 3.70. The number of rotatable bonds is 3. The highest BCUT2D eigenvalue weighted by molar-refractivity contribution is 7.89. The lowest BCUT2D eigenvalue weighted by Crippen LogP contribution is -2.36. The summed E-state index contributed by atoms with van der Waals surface area (Å²) in [4.78, 5) is 2.19. The first-order chi connectivity index (χ1) is 8.38. The Bertz CT molecular complexity index is 545. The number of sulfonamides is 1. The number of likely N-dealkylation sites (N-methyl/N-ethyl adjacent to an activating group) is 1. The highest BCUT2D eigenvalue weighted by Gasteiger charge is 2.25. The van der Waals surface area contributed by atoms with Crippen molar-refractivity contribution < 1.29 is 12.8 Å². The maximum atomic E-state index is 13.1. The Hall–Kier alpha value is -0.980. The molecule has 4 nitrogen and oxygen atoms in total. The third-order valence-corrected chi connectivity index (χ3v) is 4.67. The van der Waals surface area contributed by atoms with Gasteiger partial charge in [0.15, 0.2) is 0 Å². The maximum Gasteiger partial charge on any atom is 0.240 e. The molecule has 100 valence electrons. The van der Waals surface area contributed by atoms with Crippen molar-refractivity contribution in [3.05, 3.63) is 29.6 Å². The van der Waals surface area contributed by atoms with Gasteiger partial charge in [0, 0.05) is 12.6 Å². The van der Waals surface area contributed by atoms with Crippen LogP contribution in [0.3, 0.4) is 0 Å². The van der Waals surface area contributed by atoms with Gasteiger partial charge in [-0.25, -0.2) is 17.5 Å². The third kappa shape index (κ3) is 2.88. The van der Waals surface area contributed by atoms with E-state index in [9.17, 15) is 12.8 Å². The second-order valence-corrected chi connectivity index (χ2v) is 6.49. The molecule has 0 saturated carbocycles. The predicted octanol–water partition coefficient (Wildman–Crippen LogP) is 1.12. The molecule has 0 amide bonds. The van der Waals surface area contributed by atoms with Crippen LogP contribution in [0.2, 0.25) is 0 Å². The first-order valence-corrected chi connectivity index (χ1v) is 7.34. The summed E-state index contributed by atoms with van der Waals surface area (Å²) in [5, 5.41) is 0. The largest absolute Gasteiger partial charge is 0.305 e. The minimum Gasteiger partial charge on any atom is -0.305 e. The zero-order valence-corrected chi connectivity index (χ0v) is 11.3. The molecule has 1 aliphatic rings. The van der Waals surface area contributed by atoms with E-state index >= 15 is 0 Å². The number of hydrogen-bond acceptors (Lipinski definition) is 3. The average Bonchev–Trinajstić information content (AvgIpc) is 2.67. The van der Waals surface area contributed by atoms with Gasteiger partial charge in [-0.2, -0.15) is 0 Å². The third-order valence-electron chi connectivity index (χ3n) is 3.15. The molecule has 1 heterocycles. The monoisotopic (exact) mass is 272 g/mol. The number of halogens is 1. The number of nitrogens with zero attached hydrogens (tertiary/aromatic N) is 1. The fourth-order valence-electron chi connectivity index (χ4n) is 2.10. The van der Waals surface area contributed by atoms with Gasteiger partial charge in [-0.3, -0.25) is 0 Å². The van der Waals surface area contributed by atoms with E-state index in [0.717, 1.165) is 13.0 Å². The SMILES string of the molecule is Cc1cc(S(=O)(=O)NC2CCN(C)C2)ccc1F. The standard InChI is InChI=1S/C12H17FN2O2S/c1-9-7-11(3-4-12(9)13)18(16,17)14-10-5-6-15(2)8-10/h3-4,7,10,14H,5-6,8H2,1-2H3. The van der Waals surface area contributed by atoms with E-state index in [1.165, 1.54) is 18.2 Å². The molecular weight excluding hydrogens is 255 g/mol. The summed E-state index contributed by atoms with van der Waals surface area (Å²) < 4.78 is 40.0. The lowest BCUT2D eigenvalue weighted by atomic mass is 10.2. The van der Waals surface area contributed by atoms with Crippen LogP contribution in [0.4, 0.5) is 4.39 Å². The topological polar surface area (TPSA) is 49.4 Å². The summed E-state index contributed by atoms with van der Waals surface area (Å²) in [6.45, 7) is 3.15. The van der Waals surface area contributed by atoms with E-state index in [1.807, 2.05) is 7.05 Å². The summed E-state index contributed by atoms with van der Waals surface area (Å²) in [5.41, 5.74) is 0.335. The van der Waals surface area contributed by atoms with Crippen LogP contribution in [0.25, 0.3) is 0 Å². The molecule has 1 fully saturated rings. The van der Waals surface area contributed by atoms with Crippen LogP contribution in [-0.4, -0.2) is 39.5 Å². The van der Waals surface area contributed by atoms with E-state index < -0.39 is 15.8 Å². The second kappa shape index (κ2) is 4.95. The highest BCUT2D eigenvalue weighted by atomic mass is 32.2. The lowest BCUT2D eigenvalue weighted by Gasteiger charge is -2.13. The Labute approximate surface area is 107 Å². The average molecular weight is 272 g/mol. The molecule has 0 radical (unpaired) electrons. The van der Waals surface area contributed by atoms with Crippen molar-refractivity contribution in [1.82, 2.24) is 9.62 Å². The molecule has 6 heteroatoms. The van der Waals surface area contributed by atoms with Crippen LogP contribution in [0.15, 0.2) is 23.1 Å². The number of nitrogens with one attached hydrogen (secondary N) is 1. The molecule has 1 aromatic rings. The summed E-state index contributed by atoms with van der Waals surface area (Å²) in [6.07, 6.45) is 0.801. The van der Waals surface area contributed by atoms with Gasteiger partial charge in [0.25, 0.3) is 0 Å². The van der Waals surface area contributed by atoms with Crippen LogP contribution >= 0.6 is 0 Å². The first-order valence-electron chi connectivity index (χ1n) is 5.85. The van der Waals surface area contributed by atoms with Gasteiger partial charge in [-0.15, -0.1) is 0 Å². The van der Waals surface area contributed by atoms with Crippen LogP contribution in [0, 0.1) is 12.7 Å². The molecule has 1 aliphatic heterocycles. The van der Waals surface area contributed by atoms with Gasteiger partial charge < -0.3 is 4.90 Å². The Morgan fingerprint density at radius 2 is 2.17 bits per heavy atom. The van der Waals surface area contributed by atoms with Crippen LogP contribution in [0.1, 0.15) is 12.0 Å². The molecule has 1 atom stereocenters. The molecule has 0 spiro atoms. The maximum absolute atomic E-state index is 13.1. The van der Waals surface area contributed by atoms with Crippen molar-refractivity contribution in [2.75, 3.05) is 20.1 Å². The lowest BCUT2D eigenvalue weighted by molar-refractivity contribution is 0.407. The van der Waals surface area contributed by atoms with Crippen molar-refractivity contribution in [3.63, 3.8) is 0 Å². The van der Waals surface area contributed by atoms with E-state index in [-0.39, 0.29) is 10.9 Å². The molecule has 0 bridgehead atoms. The quantitative estimate of drug-likeness (QED) is 0.897. The van der Waals surface area contributed by atoms with Gasteiger partial charge in [0.05, 0.1) is 4.90 Å². The zero-order valence-electron chi connectivity index (χ0n) is 10.5. The summed E-state index contributed by atoms with van der Waals surface area (Å²) >= 11 is 0. The molecule has 1 saturated heterocycles. The summed E-state index contributed by atoms with van der Waals surface area (Å²) in [6, 6.07) is 3.77. The van der Waals surface area contributed by atoms with Gasteiger partial charge in [-0.05, 0) is 50.7 Å². The second-order valence-electron chi connectivity index (χ2n) is 4.78. The highest BCUT2D eigenvalue weighted by Crippen LogP contribution is 2.16. The Morgan fingerprint density at radius 1 is 1.44 bits per heavy atom. The fraction of sp³-hybridized carbons (Fsp3) is 0.500. The molecule has 1 aromatic carbocycles. The predicted molar refractivity (Wildman–Crippen MR) is 67.4 cm³/mol. The molecule has 1 unspecified atom stereocenters. The van der Waals surface area contributed by atoms with Gasteiger partial charge in [0.1, 0.15) is 5.82 Å². The van der Waals surface area contributed by atoms with Crippen LogP contribution < -0.4 is 4.72 Å². The van der Waals surface area contributed by atoms with E-state index in [1.54, 1.807) is 6.92 Å². The number of benzene rings is 1.